The van der Waals surface area contributed by atoms with Gasteiger partial charge in [0.05, 0.1) is 55.5 Å². The van der Waals surface area contributed by atoms with Crippen molar-refractivity contribution < 1.29 is 64.5 Å². The fraction of sp³-hybridized carbons (Fsp3) is 0.151. The maximum Gasteiger partial charge on any atom is 0.335 e. The molecule has 10 aromatic carbocycles. The number of benzene rings is 10. The molecule has 0 aliphatic rings. The second kappa shape index (κ2) is 30.6. The summed E-state index contributed by atoms with van der Waals surface area (Å²) in [7, 11) is -9.79. The number of anilines is 3. The number of nitrogens with one attached hydrogen (secondary N) is 3. The van der Waals surface area contributed by atoms with Gasteiger partial charge in [0.2, 0.25) is 0 Å². The number of Topliss-reactive ketones (excluding diaryl/α,β-unsaturated/α-hetero) is 1. The number of methoxy groups -OCH3 is 1. The van der Waals surface area contributed by atoms with Crippen molar-refractivity contribution >= 4 is 81.6 Å². The fourth-order valence-electron chi connectivity index (χ4n) is 10.2. The van der Waals surface area contributed by atoms with Crippen molar-refractivity contribution in [1.29, 1.82) is 0 Å². The van der Waals surface area contributed by atoms with Crippen molar-refractivity contribution in [2.24, 2.45) is 0 Å². The molecule has 0 aromatic heterocycles. The number of ketones is 1. The Bertz CT molecular complexity index is 4710. The van der Waals surface area contributed by atoms with Crippen LogP contribution in [0.3, 0.4) is 0 Å². The summed E-state index contributed by atoms with van der Waals surface area (Å²) in [6.45, 7) is 6.81. The number of sulfonamides is 3. The van der Waals surface area contributed by atoms with E-state index in [1.165, 1.54) is 31.2 Å². The first-order chi connectivity index (χ1) is 44.3. The topological polar surface area (TPSA) is 277 Å². The summed E-state index contributed by atoms with van der Waals surface area (Å²) in [6.07, 6.45) is 3.74. The van der Waals surface area contributed by atoms with Gasteiger partial charge < -0.3 is 20.1 Å². The van der Waals surface area contributed by atoms with Crippen molar-refractivity contribution in [3.8, 4) is 5.75 Å². The van der Waals surface area contributed by atoms with E-state index in [9.17, 15) is 44.4 Å². The van der Waals surface area contributed by atoms with Gasteiger partial charge in [-0.15, -0.1) is 0 Å². The lowest BCUT2D eigenvalue weighted by molar-refractivity contribution is 0.0686. The van der Waals surface area contributed by atoms with Gasteiger partial charge in [-0.05, 0) is 212 Å². The van der Waals surface area contributed by atoms with Gasteiger partial charge in [-0.3, -0.25) is 19.0 Å². The van der Waals surface area contributed by atoms with Crippen molar-refractivity contribution in [1.82, 2.24) is 0 Å². The van der Waals surface area contributed by atoms with E-state index in [4.69, 9.17) is 20.1 Å². The number of carboxylic acids is 3. The van der Waals surface area contributed by atoms with Gasteiger partial charge in [-0.1, -0.05) is 133 Å². The first kappa shape index (κ1) is 68.5. The van der Waals surface area contributed by atoms with Gasteiger partial charge in [-0.2, -0.15) is 0 Å². The first-order valence-electron chi connectivity index (χ1n) is 29.4. The lowest BCUT2D eigenvalue weighted by Crippen LogP contribution is -2.17. The number of fused-ring (bicyclic) bond motifs is 1. The Labute approximate surface area is 541 Å². The number of hydrogen-bond donors (Lipinski definition) is 6. The molecule has 10 aromatic rings. The highest BCUT2D eigenvalue weighted by atomic mass is 32.2. The average Bonchev–Trinajstić information content (AvgIpc) is 0.826. The Balaban J connectivity index is 0.000000179. The zero-order valence-electron chi connectivity index (χ0n) is 51.6. The van der Waals surface area contributed by atoms with Gasteiger partial charge >= 0.3 is 17.9 Å². The molecule has 0 saturated carbocycles. The first-order valence-corrected chi connectivity index (χ1v) is 33.8. The van der Waals surface area contributed by atoms with Crippen molar-refractivity contribution in [2.75, 3.05) is 21.3 Å². The number of carbonyl (C=O) groups excluding carboxylic acids is 1. The molecule has 0 aliphatic carbocycles. The Hall–Kier alpha value is -10.4. The molecule has 6 N–H and O–H groups in total. The smallest absolute Gasteiger partial charge is 0.335 e. The van der Waals surface area contributed by atoms with E-state index in [0.717, 1.165) is 49.7 Å². The molecule has 0 heterocycles. The maximum atomic E-state index is 13.3. The average molecular weight is 1310 g/mol. The summed E-state index contributed by atoms with van der Waals surface area (Å²) in [4.78, 5) is 44.9. The number of carbonyl (C=O) groups is 4. The Morgan fingerprint density at radius 1 is 0.376 bits per heavy atom. The number of aromatic carboxylic acids is 3. The third-order valence-corrected chi connectivity index (χ3v) is 19.9. The predicted octanol–water partition coefficient (Wildman–Crippen LogP) is 14.2. The van der Waals surface area contributed by atoms with Crippen LogP contribution in [0.4, 0.5) is 17.1 Å². The molecule has 0 amide bonds. The fourth-order valence-corrected chi connectivity index (χ4v) is 14.1. The molecule has 0 spiro atoms. The summed E-state index contributed by atoms with van der Waals surface area (Å²) in [5.41, 5.74) is 10.2. The van der Waals surface area contributed by atoms with E-state index < -0.39 is 48.0 Å². The van der Waals surface area contributed by atoms with E-state index in [2.05, 4.69) is 14.2 Å². The monoisotopic (exact) mass is 1310 g/mol. The van der Waals surface area contributed by atoms with Crippen LogP contribution in [0.15, 0.2) is 233 Å². The molecule has 17 nitrogen and oxygen atoms in total. The second-order valence-corrected chi connectivity index (χ2v) is 26.8. The molecule has 0 fully saturated rings. The Kier molecular flexibility index (Phi) is 22.5. The highest BCUT2D eigenvalue weighted by Crippen LogP contribution is 2.33. The normalized spacial score (nSPS) is 11.2. The van der Waals surface area contributed by atoms with Gasteiger partial charge in [0, 0.05) is 5.56 Å². The zero-order valence-corrected chi connectivity index (χ0v) is 54.0. The minimum Gasteiger partial charge on any atom is -0.496 e. The molecule has 0 atom stereocenters. The zero-order chi connectivity index (χ0) is 67.0. The molecule has 20 heteroatoms. The van der Waals surface area contributed by atoms with Crippen LogP contribution < -0.4 is 18.9 Å². The summed E-state index contributed by atoms with van der Waals surface area (Å²) >= 11 is 0. The SMILES string of the molecule is CC(=O)c1ccc(S(=O)(=O)Nc2ccccc2CCc2ccc(C(=O)O)cc2)cc1.COc1cc(C)c(S(=O)(=O)Nc2ccccc2CCc2ccc(C(=O)O)cc2)c(C)c1C.O=C(O)c1ccc(CCc2ccccc2NS(=O)(=O)c2ccc3ccccc3c2)cc1. The van der Waals surface area contributed by atoms with E-state index in [0.29, 0.717) is 78.0 Å². The van der Waals surface area contributed by atoms with Crippen LogP contribution in [-0.4, -0.2) is 71.4 Å². The third-order valence-electron chi connectivity index (χ3n) is 15.5. The van der Waals surface area contributed by atoms with Crippen LogP contribution in [0.1, 0.15) is 98.4 Å². The summed E-state index contributed by atoms with van der Waals surface area (Å²) < 4.78 is 91.6. The molecule has 10 rings (SSSR count). The van der Waals surface area contributed by atoms with Crippen LogP contribution in [0.5, 0.6) is 5.75 Å². The molecule has 0 saturated heterocycles. The Morgan fingerprint density at radius 2 is 0.720 bits per heavy atom. The minimum atomic E-state index is -3.81. The molecule has 0 bridgehead atoms. The number of rotatable bonds is 23. The third kappa shape index (κ3) is 18.2. The van der Waals surface area contributed by atoms with E-state index >= 15 is 0 Å². The van der Waals surface area contributed by atoms with Crippen LogP contribution in [-0.2, 0) is 68.6 Å². The van der Waals surface area contributed by atoms with Gasteiger partial charge in [0.15, 0.2) is 5.78 Å². The molecule has 0 aliphatic heterocycles. The van der Waals surface area contributed by atoms with Gasteiger partial charge in [0.25, 0.3) is 30.1 Å². The van der Waals surface area contributed by atoms with E-state index in [1.807, 2.05) is 67.6 Å². The van der Waals surface area contributed by atoms with Crippen LogP contribution in [0.25, 0.3) is 10.8 Å². The lowest BCUT2D eigenvalue weighted by Gasteiger charge is -2.18. The minimum absolute atomic E-state index is 0.0755. The van der Waals surface area contributed by atoms with Crippen molar-refractivity contribution in [3.63, 3.8) is 0 Å². The molecular formula is C73H69N3O14S3. The summed E-state index contributed by atoms with van der Waals surface area (Å²) in [5, 5.41) is 28.9. The quantitative estimate of drug-likeness (QED) is 0.0325. The standard InChI is InChI=1S/C25H27NO5S.C25H21NO4S.C23H21NO5S/c1-16-15-23(31-4)17(2)18(3)24(16)32(29,30)26-22-8-6-5-7-20(22)12-9-19-10-13-21(14-11-19)25(27)28;27-25(28)21-13-10-18(11-14-21)9-12-20-6-3-4-8-24(20)26-31(29,30)23-16-15-19-5-1-2-7-22(19)17-23;1-16(25)18-12-14-21(15-13-18)30(28,29)24-22-5-3-2-4-19(22)9-6-17-7-10-20(11-8-17)23(26)27/h5-8,10-11,13-15,26H,9,12H2,1-4H3,(H,27,28);1-8,10-11,13-17,26H,9,12H2,(H,27,28);2-5,7-8,10-15,24H,6,9H2,1H3,(H,26,27). The lowest BCUT2D eigenvalue weighted by atomic mass is 10.0. The van der Waals surface area contributed by atoms with E-state index in [-0.39, 0.29) is 37.2 Å². The molecule has 0 unspecified atom stereocenters. The number of carboxylic acid groups (broad SMARTS) is 3. The number of para-hydroxylation sites is 3. The van der Waals surface area contributed by atoms with Crippen LogP contribution >= 0.6 is 0 Å². The summed E-state index contributed by atoms with van der Waals surface area (Å²) in [5.74, 6) is -2.37. The van der Waals surface area contributed by atoms with E-state index in [1.54, 1.807) is 154 Å². The predicted molar refractivity (Wildman–Crippen MR) is 362 cm³/mol. The van der Waals surface area contributed by atoms with Crippen molar-refractivity contribution in [2.45, 2.75) is 80.9 Å². The maximum absolute atomic E-state index is 13.3. The highest BCUT2D eigenvalue weighted by Gasteiger charge is 2.25. The molecule has 93 heavy (non-hydrogen) atoms. The van der Waals surface area contributed by atoms with Crippen LogP contribution in [0.2, 0.25) is 0 Å². The molecular weight excluding hydrogens is 1240 g/mol. The number of ether oxygens (including phenoxy) is 1. The summed E-state index contributed by atoms with van der Waals surface area (Å²) in [6, 6.07) is 62.0. The van der Waals surface area contributed by atoms with Crippen molar-refractivity contribution in [3.05, 3.63) is 291 Å². The highest BCUT2D eigenvalue weighted by molar-refractivity contribution is 7.93. The van der Waals surface area contributed by atoms with Crippen LogP contribution in [0, 0.1) is 20.8 Å². The number of hydrogen-bond acceptors (Lipinski definition) is 11. The largest absolute Gasteiger partial charge is 0.496 e. The van der Waals surface area contributed by atoms with Gasteiger partial charge in [0.1, 0.15) is 5.75 Å². The van der Waals surface area contributed by atoms with Gasteiger partial charge in [-0.25, -0.2) is 39.6 Å². The Morgan fingerprint density at radius 3 is 1.11 bits per heavy atom. The number of aryl methyl sites for hydroxylation is 7. The molecule has 0 radical (unpaired) electrons. The second-order valence-electron chi connectivity index (χ2n) is 21.9. The molecule has 478 valence electrons.